The molecule has 3 aromatic carbocycles. The molecule has 47 N–H and O–H groups in total. The number of aliphatic carboxylic acids is 1. The Morgan fingerprint density at radius 2 is 0.510 bits per heavy atom. The van der Waals surface area contributed by atoms with E-state index in [9.17, 15) is 98.4 Å². The van der Waals surface area contributed by atoms with Crippen LogP contribution >= 0.6 is 0 Å². The first-order valence-corrected chi connectivity index (χ1v) is 48.5. The number of aliphatic hydroxyl groups excluding tert-OH is 4. The van der Waals surface area contributed by atoms with E-state index in [0.29, 0.717) is 17.5 Å². The van der Waals surface area contributed by atoms with E-state index in [4.69, 9.17) is 67.5 Å². The number of rotatable bonds is 72. The van der Waals surface area contributed by atoms with Gasteiger partial charge in [-0.25, -0.2) is 0 Å². The maximum Gasteiger partial charge on any atom is 0.322 e. The minimum atomic E-state index is -1.85. The Balaban J connectivity index is 2.35. The zero-order valence-electron chi connectivity index (χ0n) is 83.2. The van der Waals surface area contributed by atoms with E-state index >= 15 is 19.2 Å². The van der Waals surface area contributed by atoms with Gasteiger partial charge in [0.2, 0.25) is 88.6 Å². The van der Waals surface area contributed by atoms with E-state index < -0.39 is 229 Å². The Hall–Kier alpha value is -14.7. The fraction of sp³-hybridized carbons (Fsp3) is 0.587. The van der Waals surface area contributed by atoms with Crippen LogP contribution in [0.5, 0.6) is 17.2 Å². The van der Waals surface area contributed by atoms with Crippen LogP contribution in [0.3, 0.4) is 0 Å². The number of phenols is 3. The summed E-state index contributed by atoms with van der Waals surface area (Å²) >= 11 is 0. The summed E-state index contributed by atoms with van der Waals surface area (Å²) in [5, 5.41) is 162. The number of hydrogen-bond donors (Lipinski definition) is 39. The summed E-state index contributed by atoms with van der Waals surface area (Å²) in [5.41, 5.74) is 46.8. The highest BCUT2D eigenvalue weighted by atomic mass is 16.4. The zero-order chi connectivity index (χ0) is 110. The molecule has 0 aliphatic heterocycles. The first kappa shape index (κ1) is 126. The Bertz CT molecular complexity index is 4760. The number of unbranched alkanes of at least 4 members (excludes halogenated alkanes) is 4. The maximum atomic E-state index is 15.8. The van der Waals surface area contributed by atoms with Crippen molar-refractivity contribution >= 4 is 118 Å². The number of aliphatic hydroxyl groups is 4. The maximum absolute atomic E-state index is 15.8. The third-order valence-corrected chi connectivity index (χ3v) is 22.8. The van der Waals surface area contributed by atoms with Crippen molar-refractivity contribution in [3.8, 4) is 17.2 Å². The van der Waals surface area contributed by atoms with Crippen molar-refractivity contribution in [2.75, 3.05) is 58.9 Å². The van der Waals surface area contributed by atoms with Crippen LogP contribution in [-0.4, -0.2) is 327 Å². The SMILES string of the molecule is CC(O)[C@H](NC(=O)[C@H](N)CCCNC(=N)N)C(=O)N[C@H](Cc1ccc(O)cc1)C(=O)NCCCC[C@@H](NC(=O)[C@H](Cc1ccc(O)cc1)NC(=O)[C@H](NC(=O)[C@@H](N)CCCNC(=N)N)C(C)O)C(=O)N[C@@H](CCCCNC(=O)[C@H](NC(=O)[C@H](N)CCCNC(=N)N)C(C)O)C(=O)N[C@H](CCCCNC(=O)[C@H](Cc1ccc(O)cc1)NC(=O)[C@H](NC(=O)CCCNC(=N)N)C(C)O)C(=O)N[C@@H](CCCCN)C(=O)NCC(=O)O. The average molecular weight is 2080 g/mol. The number of guanidine groups is 4. The van der Waals surface area contributed by atoms with Crippen molar-refractivity contribution in [3.05, 3.63) is 89.5 Å². The number of hydrogen-bond acceptors (Lipinski definition) is 31. The second-order valence-electron chi connectivity index (χ2n) is 35.5. The molecule has 0 aliphatic carbocycles. The summed E-state index contributed by atoms with van der Waals surface area (Å²) in [4.78, 5) is 227. The van der Waals surface area contributed by atoms with E-state index in [1.165, 1.54) is 93.6 Å². The lowest BCUT2D eigenvalue weighted by atomic mass is 10.0. The van der Waals surface area contributed by atoms with Gasteiger partial charge in [-0.15, -0.1) is 0 Å². The topological polar surface area (TPSA) is 967 Å². The molecule has 3 rings (SSSR count). The molecule has 0 fully saturated rings. The fourth-order valence-corrected chi connectivity index (χ4v) is 14.5. The highest BCUT2D eigenvalue weighted by Gasteiger charge is 2.39. The molecule has 55 nitrogen and oxygen atoms in total. The van der Waals surface area contributed by atoms with Gasteiger partial charge in [-0.1, -0.05) is 36.4 Å². The fourth-order valence-electron chi connectivity index (χ4n) is 14.5. The van der Waals surface area contributed by atoms with Crippen molar-refractivity contribution in [1.29, 1.82) is 21.6 Å². The molecule has 0 heterocycles. The van der Waals surface area contributed by atoms with Crippen LogP contribution in [0.2, 0.25) is 0 Å². The molecule has 15 amide bonds. The van der Waals surface area contributed by atoms with E-state index in [2.05, 4.69) is 101 Å². The number of aromatic hydroxyl groups is 3. The molecule has 820 valence electrons. The van der Waals surface area contributed by atoms with Crippen molar-refractivity contribution in [2.24, 2.45) is 45.9 Å². The Morgan fingerprint density at radius 3 is 0.796 bits per heavy atom. The smallest absolute Gasteiger partial charge is 0.322 e. The summed E-state index contributed by atoms with van der Waals surface area (Å²) < 4.78 is 0. The third-order valence-electron chi connectivity index (χ3n) is 22.8. The Labute approximate surface area is 850 Å². The van der Waals surface area contributed by atoms with Crippen LogP contribution in [-0.2, 0) is 96.0 Å². The number of amides is 15. The van der Waals surface area contributed by atoms with Gasteiger partial charge in [0.05, 0.1) is 42.5 Å². The lowest BCUT2D eigenvalue weighted by Crippen LogP contribution is -2.61. The standard InChI is InChI=1S/C92H153N31O24/c1-49(124)71(121-75(134)59(94)17-13-41-108-89(97)98)85(144)107-40-12-8-22-64(82(141)114-63(81(140)113-62(20-5-9-37-93)78(137)112-48-70(132)133)21-6-10-38-105-79(138)66(45-53-25-31-56(128)32-26-53)117-86(145)72(50(2)125)120-69(131)24-16-44-111-92(103)104)115-83(142)65(116-84(143)68(47-55-29-35-58(130)36-30-55)119-88(147)74(52(4)127)123-77(136)61(96)19-15-43-110-91(101)102)23-7-11-39-106-80(139)67(46-54-27-33-57(129)34-28-54)118-87(146)73(51(3)126)122-76(135)60(95)18-14-42-109-90(99)100/h25-36,49-52,59-68,71-74,124-130H,5-24,37-48,93-96H2,1-4H3,(H,105,138)(H,106,139)(H,107,144)(H,112,137)(H,113,140)(H,114,141)(H,115,142)(H,116,143)(H,117,145)(H,118,146)(H,119,147)(H,120,131)(H,121,134)(H,122,135)(H,123,136)(H,132,133)(H4,97,98,108)(H4,99,100,109)(H4,101,102,110)(H4,103,104,111)/t49?,50?,51?,52?,59-,60-,61+,62+,63-,64+,65-,66+,67-,68+,71-,72-,73+,74-/m1/s1. The van der Waals surface area contributed by atoms with Crippen molar-refractivity contribution in [3.63, 3.8) is 0 Å². The van der Waals surface area contributed by atoms with Crippen LogP contribution in [0.25, 0.3) is 0 Å². The minimum absolute atomic E-state index is 0.0235. The molecule has 0 bridgehead atoms. The van der Waals surface area contributed by atoms with E-state index in [-0.39, 0.29) is 221 Å². The zero-order valence-corrected chi connectivity index (χ0v) is 83.2. The molecule has 4 unspecified atom stereocenters. The van der Waals surface area contributed by atoms with Gasteiger partial charge < -0.3 is 188 Å². The Kier molecular flexibility index (Phi) is 59.0. The predicted molar refractivity (Wildman–Crippen MR) is 538 cm³/mol. The largest absolute Gasteiger partial charge is 0.508 e. The summed E-state index contributed by atoms with van der Waals surface area (Å²) in [6, 6.07) is -5.85. The number of nitrogens with one attached hydrogen (secondary N) is 23. The van der Waals surface area contributed by atoms with E-state index in [1.54, 1.807) is 0 Å². The lowest BCUT2D eigenvalue weighted by molar-refractivity contribution is -0.138. The summed E-state index contributed by atoms with van der Waals surface area (Å²) in [7, 11) is 0. The highest BCUT2D eigenvalue weighted by molar-refractivity contribution is 5.99. The van der Waals surface area contributed by atoms with Crippen molar-refractivity contribution in [2.45, 2.75) is 284 Å². The second kappa shape index (κ2) is 68.6. The number of carboxylic acids is 1. The molecule has 0 saturated heterocycles. The van der Waals surface area contributed by atoms with Gasteiger partial charge in [-0.05, 0) is 209 Å². The molecule has 0 saturated carbocycles. The average Bonchev–Trinajstić information content (AvgIpc) is 0.775. The van der Waals surface area contributed by atoms with Crippen LogP contribution < -0.4 is 147 Å². The minimum Gasteiger partial charge on any atom is -0.508 e. The molecular formula is C92H153N31O24. The van der Waals surface area contributed by atoms with Crippen LogP contribution in [0.1, 0.15) is 173 Å². The van der Waals surface area contributed by atoms with Gasteiger partial charge in [0.15, 0.2) is 23.8 Å². The number of carboxylic acid groups (broad SMARTS) is 1. The van der Waals surface area contributed by atoms with Crippen LogP contribution in [0.4, 0.5) is 0 Å². The quantitative estimate of drug-likeness (QED) is 0.0142. The number of benzene rings is 3. The normalized spacial score (nSPS) is 14.7. The molecule has 0 aromatic heterocycles. The lowest BCUT2D eigenvalue weighted by Gasteiger charge is -2.28. The number of nitrogens with two attached hydrogens (primary N) is 8. The molecule has 0 aliphatic rings. The summed E-state index contributed by atoms with van der Waals surface area (Å²) in [6.45, 7) is 3.74. The van der Waals surface area contributed by atoms with Gasteiger partial charge in [-0.2, -0.15) is 0 Å². The molecule has 0 radical (unpaired) electrons. The number of phenolic OH excluding ortho intramolecular Hbond substituents is 3. The van der Waals surface area contributed by atoms with Gasteiger partial charge in [0.1, 0.15) is 90.3 Å². The second-order valence-corrected chi connectivity index (χ2v) is 35.5. The molecule has 55 heteroatoms. The molecule has 147 heavy (non-hydrogen) atoms. The van der Waals surface area contributed by atoms with Crippen LogP contribution in [0.15, 0.2) is 72.8 Å². The third kappa shape index (κ3) is 52.1. The monoisotopic (exact) mass is 2080 g/mol. The molecular weight excluding hydrogens is 1920 g/mol. The number of carbonyl (C=O) groups is 16. The van der Waals surface area contributed by atoms with Crippen molar-refractivity contribution in [1.82, 2.24) is 101 Å². The highest BCUT2D eigenvalue weighted by Crippen LogP contribution is 2.19. The van der Waals surface area contributed by atoms with Gasteiger partial charge in [-0.3, -0.25) is 98.3 Å². The van der Waals surface area contributed by atoms with E-state index in [0.717, 1.165) is 6.92 Å². The van der Waals surface area contributed by atoms with Gasteiger partial charge >= 0.3 is 5.97 Å². The first-order chi connectivity index (χ1) is 69.5. The first-order valence-electron chi connectivity index (χ1n) is 48.5. The molecule has 18 atom stereocenters. The Morgan fingerprint density at radius 1 is 0.272 bits per heavy atom. The van der Waals surface area contributed by atoms with Crippen LogP contribution in [0, 0.1) is 21.6 Å². The predicted octanol–water partition coefficient (Wildman–Crippen LogP) is -10.1. The number of carbonyl (C=O) groups excluding carboxylic acids is 15. The summed E-state index contributed by atoms with van der Waals surface area (Å²) in [6.07, 6.45) is -8.18. The molecule has 3 aromatic rings. The summed E-state index contributed by atoms with van der Waals surface area (Å²) in [5.74, 6) is -18.1. The van der Waals surface area contributed by atoms with Crippen molar-refractivity contribution < 1.29 is 118 Å². The van der Waals surface area contributed by atoms with Gasteiger partial charge in [0.25, 0.3) is 0 Å². The van der Waals surface area contributed by atoms with Gasteiger partial charge in [0, 0.05) is 71.5 Å². The molecule has 0 spiro atoms. The van der Waals surface area contributed by atoms with E-state index in [1.807, 2.05) is 0 Å².